The first-order valence-electron chi connectivity index (χ1n) is 14.6. The van der Waals surface area contributed by atoms with E-state index in [1.165, 1.54) is 72.0 Å². The number of rotatable bonds is 1. The monoisotopic (exact) mass is 517 g/mol. The van der Waals surface area contributed by atoms with Crippen LogP contribution in [0.1, 0.15) is 63.8 Å². The number of hydrogen-bond donors (Lipinski definition) is 0. The van der Waals surface area contributed by atoms with Gasteiger partial charge in [-0.15, -0.1) is 0 Å². The van der Waals surface area contributed by atoms with Crippen molar-refractivity contribution < 1.29 is 0 Å². The van der Waals surface area contributed by atoms with E-state index < -0.39 is 0 Å². The molecular weight excluding hydrogens is 482 g/mol. The van der Waals surface area contributed by atoms with Gasteiger partial charge in [0.2, 0.25) is 0 Å². The van der Waals surface area contributed by atoms with Crippen LogP contribution in [0.25, 0.3) is 49.7 Å². The molecule has 196 valence electrons. The molecule has 0 spiro atoms. The normalized spacial score (nSPS) is 17.4. The van der Waals surface area contributed by atoms with E-state index in [2.05, 4.69) is 149 Å². The van der Waals surface area contributed by atoms with Crippen molar-refractivity contribution in [2.75, 3.05) is 0 Å². The summed E-state index contributed by atoms with van der Waals surface area (Å²) in [5, 5.41) is 2.60. The second-order valence-electron chi connectivity index (χ2n) is 13.4. The molecule has 0 radical (unpaired) electrons. The molecule has 1 nitrogen and oxygen atoms in total. The Morgan fingerprint density at radius 3 is 1.68 bits per heavy atom. The summed E-state index contributed by atoms with van der Waals surface area (Å²) in [7, 11) is 0. The highest BCUT2D eigenvalue weighted by molar-refractivity contribution is 6.09. The van der Waals surface area contributed by atoms with Gasteiger partial charge in [-0.05, 0) is 79.6 Å². The van der Waals surface area contributed by atoms with Crippen molar-refractivity contribution in [2.24, 2.45) is 0 Å². The number of para-hydroxylation sites is 2. The third-order valence-corrected chi connectivity index (χ3v) is 10.8. The van der Waals surface area contributed by atoms with E-state index in [9.17, 15) is 0 Å². The van der Waals surface area contributed by atoms with Gasteiger partial charge in [0.25, 0.3) is 0 Å². The van der Waals surface area contributed by atoms with Gasteiger partial charge < -0.3 is 4.57 Å². The van der Waals surface area contributed by atoms with Crippen molar-refractivity contribution in [1.29, 1.82) is 0 Å². The Morgan fingerprint density at radius 2 is 0.975 bits per heavy atom. The fourth-order valence-electron chi connectivity index (χ4n) is 7.88. The quantitative estimate of drug-likeness (QED) is 0.204. The molecule has 5 aromatic carbocycles. The van der Waals surface area contributed by atoms with Crippen LogP contribution in [0.5, 0.6) is 0 Å². The van der Waals surface area contributed by atoms with Gasteiger partial charge in [0.05, 0.1) is 11.0 Å². The summed E-state index contributed by atoms with van der Waals surface area (Å²) in [5.74, 6) is 0. The van der Waals surface area contributed by atoms with Crippen molar-refractivity contribution in [3.05, 3.63) is 125 Å². The second kappa shape index (κ2) is 7.55. The SMILES string of the molecule is CC1(C)c2cc(-n3c4ccccc4c4ccccc43)ccc2-c2c1ccc1c2-c2ccccc2C(C)(C)C1(C)C. The largest absolute Gasteiger partial charge is 0.309 e. The second-order valence-corrected chi connectivity index (χ2v) is 13.4. The van der Waals surface area contributed by atoms with E-state index in [0.29, 0.717) is 0 Å². The number of benzene rings is 5. The lowest BCUT2D eigenvalue weighted by molar-refractivity contribution is 0.299. The molecule has 0 amide bonds. The molecule has 2 aliphatic rings. The maximum Gasteiger partial charge on any atom is 0.0541 e. The van der Waals surface area contributed by atoms with Crippen molar-refractivity contribution in [1.82, 2.24) is 4.57 Å². The molecule has 40 heavy (non-hydrogen) atoms. The smallest absolute Gasteiger partial charge is 0.0541 e. The Balaban J connectivity index is 1.43. The van der Waals surface area contributed by atoms with Gasteiger partial charge in [-0.2, -0.15) is 0 Å². The lowest BCUT2D eigenvalue weighted by atomic mass is 9.54. The van der Waals surface area contributed by atoms with E-state index in [-0.39, 0.29) is 16.2 Å². The van der Waals surface area contributed by atoms with E-state index in [1.807, 2.05) is 0 Å². The molecule has 0 fully saturated rings. The lowest BCUT2D eigenvalue weighted by Crippen LogP contribution is -2.43. The summed E-state index contributed by atoms with van der Waals surface area (Å²) >= 11 is 0. The minimum absolute atomic E-state index is 0.00151. The highest BCUT2D eigenvalue weighted by atomic mass is 15.0. The molecule has 0 saturated heterocycles. The molecule has 0 unspecified atom stereocenters. The molecule has 0 saturated carbocycles. The van der Waals surface area contributed by atoms with Gasteiger partial charge in [0.1, 0.15) is 0 Å². The van der Waals surface area contributed by atoms with Gasteiger partial charge in [-0.25, -0.2) is 0 Å². The van der Waals surface area contributed by atoms with Crippen molar-refractivity contribution in [2.45, 2.75) is 57.8 Å². The van der Waals surface area contributed by atoms with Crippen LogP contribution in [0.4, 0.5) is 0 Å². The predicted octanol–water partition coefficient (Wildman–Crippen LogP) is 10.3. The van der Waals surface area contributed by atoms with Crippen molar-refractivity contribution in [3.63, 3.8) is 0 Å². The molecule has 8 rings (SSSR count). The number of fused-ring (bicyclic) bond motifs is 10. The van der Waals surface area contributed by atoms with Crippen LogP contribution in [0.3, 0.4) is 0 Å². The topological polar surface area (TPSA) is 4.93 Å². The highest BCUT2D eigenvalue weighted by Gasteiger charge is 2.48. The zero-order valence-electron chi connectivity index (χ0n) is 24.3. The standard InChI is InChI=1S/C39H35N/c1-37(2)30-21-22-31-36(27-15-7-10-16-29(27)38(3,4)39(31,5)6)35(30)28-20-19-24(23-32(28)37)40-33-17-11-8-13-25(33)26-14-9-12-18-34(26)40/h7-23H,1-6H3. The van der Waals surface area contributed by atoms with Crippen LogP contribution < -0.4 is 0 Å². The Hall–Kier alpha value is -4.10. The molecular formula is C39H35N. The summed E-state index contributed by atoms with van der Waals surface area (Å²) in [5.41, 5.74) is 15.1. The average molecular weight is 518 g/mol. The first-order chi connectivity index (χ1) is 19.1. The minimum Gasteiger partial charge on any atom is -0.309 e. The summed E-state index contributed by atoms with van der Waals surface area (Å²) in [6, 6.07) is 38.8. The van der Waals surface area contributed by atoms with Crippen LogP contribution in [0.15, 0.2) is 103 Å². The van der Waals surface area contributed by atoms with Gasteiger partial charge in [-0.1, -0.05) is 120 Å². The zero-order chi connectivity index (χ0) is 27.6. The van der Waals surface area contributed by atoms with Gasteiger partial charge >= 0.3 is 0 Å². The fraction of sp³-hybridized carbons (Fsp3) is 0.231. The van der Waals surface area contributed by atoms with Crippen molar-refractivity contribution in [3.8, 4) is 27.9 Å². The highest BCUT2D eigenvalue weighted by Crippen LogP contribution is 2.60. The van der Waals surface area contributed by atoms with Crippen LogP contribution >= 0.6 is 0 Å². The Bertz CT molecular complexity index is 1970. The minimum atomic E-state index is -0.0967. The number of nitrogens with zero attached hydrogens (tertiary/aromatic N) is 1. The summed E-state index contributed by atoms with van der Waals surface area (Å²) in [4.78, 5) is 0. The van der Waals surface area contributed by atoms with Gasteiger partial charge in [-0.3, -0.25) is 0 Å². The summed E-state index contributed by atoms with van der Waals surface area (Å²) in [6.45, 7) is 14.5. The van der Waals surface area contributed by atoms with Crippen LogP contribution in [-0.2, 0) is 16.2 Å². The van der Waals surface area contributed by atoms with Crippen LogP contribution in [0, 0.1) is 0 Å². The Labute approximate surface area is 237 Å². The third-order valence-electron chi connectivity index (χ3n) is 10.8. The molecule has 2 aliphatic carbocycles. The molecule has 0 N–H and O–H groups in total. The summed E-state index contributed by atoms with van der Waals surface area (Å²) in [6.07, 6.45) is 0. The van der Waals surface area contributed by atoms with Crippen molar-refractivity contribution >= 4 is 21.8 Å². The zero-order valence-corrected chi connectivity index (χ0v) is 24.3. The number of aromatic nitrogens is 1. The molecule has 6 aromatic rings. The van der Waals surface area contributed by atoms with Crippen LogP contribution in [-0.4, -0.2) is 4.57 Å². The Morgan fingerprint density at radius 1 is 0.450 bits per heavy atom. The average Bonchev–Trinajstić information content (AvgIpc) is 3.41. The molecule has 0 bridgehead atoms. The maximum atomic E-state index is 2.46. The van der Waals surface area contributed by atoms with E-state index >= 15 is 0 Å². The van der Waals surface area contributed by atoms with E-state index in [0.717, 1.165) is 0 Å². The van der Waals surface area contributed by atoms with E-state index in [4.69, 9.17) is 0 Å². The number of hydrogen-bond acceptors (Lipinski definition) is 0. The lowest BCUT2D eigenvalue weighted by Gasteiger charge is -2.49. The molecule has 0 aliphatic heterocycles. The van der Waals surface area contributed by atoms with E-state index in [1.54, 1.807) is 0 Å². The molecule has 1 heterocycles. The predicted molar refractivity (Wildman–Crippen MR) is 170 cm³/mol. The molecule has 0 atom stereocenters. The first-order valence-corrected chi connectivity index (χ1v) is 14.6. The van der Waals surface area contributed by atoms with Crippen LogP contribution in [0.2, 0.25) is 0 Å². The molecule has 1 aromatic heterocycles. The first kappa shape index (κ1) is 23.8. The third kappa shape index (κ3) is 2.73. The fourth-order valence-corrected chi connectivity index (χ4v) is 7.88. The van der Waals surface area contributed by atoms with Gasteiger partial charge in [0.15, 0.2) is 0 Å². The maximum absolute atomic E-state index is 2.46. The Kier molecular flexibility index (Phi) is 4.48. The van der Waals surface area contributed by atoms with Gasteiger partial charge in [0, 0.05) is 21.9 Å². The molecule has 1 heteroatoms. The summed E-state index contributed by atoms with van der Waals surface area (Å²) < 4.78 is 2.44.